The minimum absolute atomic E-state index is 0.0781. The number of nitriles is 1. The van der Waals surface area contributed by atoms with Crippen LogP contribution in [-0.4, -0.2) is 60.8 Å². The van der Waals surface area contributed by atoms with Crippen LogP contribution in [0.4, 0.5) is 0 Å². The van der Waals surface area contributed by atoms with Gasteiger partial charge in [0.15, 0.2) is 18.1 Å². The van der Waals surface area contributed by atoms with Crippen molar-refractivity contribution < 1.29 is 19.0 Å². The highest BCUT2D eigenvalue weighted by Gasteiger charge is 2.24. The third-order valence-corrected chi connectivity index (χ3v) is 4.96. The Morgan fingerprint density at radius 1 is 1.26 bits per heavy atom. The summed E-state index contributed by atoms with van der Waals surface area (Å²) in [5.41, 5.74) is 2.84. The number of H-pyrrole nitrogens is 1. The molecule has 0 aliphatic carbocycles. The number of amides is 1. The predicted octanol–water partition coefficient (Wildman–Crippen LogP) is 2.87. The minimum atomic E-state index is -0.119. The van der Waals surface area contributed by atoms with Gasteiger partial charge in [-0.15, -0.1) is 0 Å². The second-order valence-electron chi connectivity index (χ2n) is 6.92. The van der Waals surface area contributed by atoms with Gasteiger partial charge in [0.1, 0.15) is 11.9 Å². The molecule has 0 saturated carbocycles. The molecule has 0 atom stereocenters. The van der Waals surface area contributed by atoms with Crippen molar-refractivity contribution in [3.63, 3.8) is 0 Å². The summed E-state index contributed by atoms with van der Waals surface area (Å²) in [6.07, 6.45) is 1.78. The maximum Gasteiger partial charge on any atom is 0.257 e. The number of hydrogen-bond acceptors (Lipinski definition) is 6. The number of imidazole rings is 1. The molecule has 8 nitrogen and oxygen atoms in total. The van der Waals surface area contributed by atoms with Crippen LogP contribution >= 0.6 is 0 Å². The summed E-state index contributed by atoms with van der Waals surface area (Å²) in [7, 11) is 1.53. The topological polar surface area (TPSA) is 100 Å². The molecule has 2 aromatic carbocycles. The van der Waals surface area contributed by atoms with Crippen LogP contribution in [0.2, 0.25) is 0 Å². The van der Waals surface area contributed by atoms with Crippen LogP contribution in [0.3, 0.4) is 0 Å². The summed E-state index contributed by atoms with van der Waals surface area (Å²) in [5, 5.41) is 8.75. The van der Waals surface area contributed by atoms with Crippen molar-refractivity contribution in [2.45, 2.75) is 0 Å². The number of rotatable bonds is 6. The summed E-state index contributed by atoms with van der Waals surface area (Å²) in [4.78, 5) is 23.0. The zero-order valence-electron chi connectivity index (χ0n) is 17.1. The number of carbonyl (C=O) groups is 1. The van der Waals surface area contributed by atoms with Crippen LogP contribution in [-0.2, 0) is 9.53 Å². The largest absolute Gasteiger partial charge is 0.493 e. The number of carbonyl (C=O) groups excluding carboxylic acids is 1. The number of fused-ring (bicyclic) bond motifs is 1. The van der Waals surface area contributed by atoms with Crippen molar-refractivity contribution >= 4 is 28.6 Å². The quantitative estimate of drug-likeness (QED) is 0.618. The van der Waals surface area contributed by atoms with Crippen molar-refractivity contribution in [1.82, 2.24) is 14.9 Å². The van der Waals surface area contributed by atoms with E-state index in [0.29, 0.717) is 49.2 Å². The summed E-state index contributed by atoms with van der Waals surface area (Å²) < 4.78 is 16.2. The van der Waals surface area contributed by atoms with Gasteiger partial charge in [0.25, 0.3) is 5.91 Å². The zero-order chi connectivity index (χ0) is 21.6. The molecule has 0 bridgehead atoms. The van der Waals surface area contributed by atoms with Crippen molar-refractivity contribution in [3.8, 4) is 17.6 Å². The Bertz CT molecular complexity index is 1120. The number of aromatic amines is 1. The van der Waals surface area contributed by atoms with Gasteiger partial charge < -0.3 is 24.1 Å². The molecular formula is C23H22N4O4. The average molecular weight is 418 g/mol. The van der Waals surface area contributed by atoms with Crippen molar-refractivity contribution in [3.05, 3.63) is 53.9 Å². The fourth-order valence-electron chi connectivity index (χ4n) is 3.42. The van der Waals surface area contributed by atoms with E-state index in [9.17, 15) is 4.79 Å². The third-order valence-electron chi connectivity index (χ3n) is 4.96. The molecule has 0 unspecified atom stereocenters. The molecule has 0 radical (unpaired) electrons. The van der Waals surface area contributed by atoms with E-state index in [4.69, 9.17) is 19.5 Å². The van der Waals surface area contributed by atoms with E-state index in [1.54, 1.807) is 23.1 Å². The molecule has 1 aromatic heterocycles. The first kappa shape index (κ1) is 20.4. The number of methoxy groups -OCH3 is 1. The standard InChI is InChI=1S/C23H22N4O4/c1-29-21-15-16(6-7-20(21)31-11-8-24)14-17(23(28)27-9-12-30-13-10-27)22-25-18-4-2-3-5-19(18)26-22/h2-7,14-15H,9-13H2,1H3,(H,25,26). The van der Waals surface area contributed by atoms with Gasteiger partial charge >= 0.3 is 0 Å². The lowest BCUT2D eigenvalue weighted by molar-refractivity contribution is -0.128. The lowest BCUT2D eigenvalue weighted by Crippen LogP contribution is -2.41. The minimum Gasteiger partial charge on any atom is -0.493 e. The first-order chi connectivity index (χ1) is 15.2. The molecule has 3 aromatic rings. The van der Waals surface area contributed by atoms with E-state index in [2.05, 4.69) is 9.97 Å². The Morgan fingerprint density at radius 2 is 2.06 bits per heavy atom. The molecule has 1 amide bonds. The van der Waals surface area contributed by atoms with E-state index in [1.807, 2.05) is 36.4 Å². The van der Waals surface area contributed by atoms with Gasteiger partial charge in [0.2, 0.25) is 0 Å². The van der Waals surface area contributed by atoms with Crippen LogP contribution < -0.4 is 9.47 Å². The molecule has 2 heterocycles. The van der Waals surface area contributed by atoms with Crippen molar-refractivity contribution in [1.29, 1.82) is 5.26 Å². The zero-order valence-corrected chi connectivity index (χ0v) is 17.1. The third kappa shape index (κ3) is 4.52. The van der Waals surface area contributed by atoms with Crippen LogP contribution in [0.25, 0.3) is 22.7 Å². The van der Waals surface area contributed by atoms with Gasteiger partial charge in [-0.05, 0) is 35.9 Å². The lowest BCUT2D eigenvalue weighted by atomic mass is 10.1. The van der Waals surface area contributed by atoms with Crippen LogP contribution in [0.1, 0.15) is 11.4 Å². The van der Waals surface area contributed by atoms with Gasteiger partial charge in [-0.3, -0.25) is 4.79 Å². The monoisotopic (exact) mass is 418 g/mol. The van der Waals surface area contributed by atoms with Gasteiger partial charge in [-0.25, -0.2) is 4.98 Å². The number of benzene rings is 2. The number of ether oxygens (including phenoxy) is 3. The van der Waals surface area contributed by atoms with Crippen LogP contribution in [0.15, 0.2) is 42.5 Å². The van der Waals surface area contributed by atoms with E-state index in [1.165, 1.54) is 7.11 Å². The lowest BCUT2D eigenvalue weighted by Gasteiger charge is -2.27. The van der Waals surface area contributed by atoms with Crippen LogP contribution in [0, 0.1) is 11.3 Å². The Balaban J connectivity index is 1.75. The normalized spacial score (nSPS) is 14.3. The highest BCUT2D eigenvalue weighted by atomic mass is 16.5. The number of para-hydroxylation sites is 2. The SMILES string of the molecule is COc1cc(C=C(C(=O)N2CCOCC2)c2nc3ccccc3[nH]2)ccc1OCC#N. The Morgan fingerprint density at radius 3 is 2.81 bits per heavy atom. The molecule has 1 aliphatic rings. The van der Waals surface area contributed by atoms with Gasteiger partial charge in [-0.2, -0.15) is 5.26 Å². The van der Waals surface area contributed by atoms with E-state index in [0.717, 1.165) is 16.6 Å². The number of morpholine rings is 1. The molecule has 1 fully saturated rings. The molecule has 8 heteroatoms. The molecule has 1 saturated heterocycles. The summed E-state index contributed by atoms with van der Waals surface area (Å²) in [6, 6.07) is 14.9. The first-order valence-corrected chi connectivity index (χ1v) is 9.91. The molecule has 0 spiro atoms. The van der Waals surface area contributed by atoms with E-state index < -0.39 is 0 Å². The second-order valence-corrected chi connectivity index (χ2v) is 6.92. The molecular weight excluding hydrogens is 396 g/mol. The highest BCUT2D eigenvalue weighted by molar-refractivity contribution is 6.23. The smallest absolute Gasteiger partial charge is 0.257 e. The first-order valence-electron chi connectivity index (χ1n) is 9.91. The average Bonchev–Trinajstić information content (AvgIpc) is 3.25. The highest BCUT2D eigenvalue weighted by Crippen LogP contribution is 2.30. The second kappa shape index (κ2) is 9.32. The molecule has 1 aliphatic heterocycles. The van der Waals surface area contributed by atoms with Crippen molar-refractivity contribution in [2.24, 2.45) is 0 Å². The number of nitrogens with zero attached hydrogens (tertiary/aromatic N) is 3. The fraction of sp³-hybridized carbons (Fsp3) is 0.261. The predicted molar refractivity (Wildman–Crippen MR) is 115 cm³/mol. The molecule has 158 valence electrons. The number of nitrogens with one attached hydrogen (secondary N) is 1. The summed E-state index contributed by atoms with van der Waals surface area (Å²) >= 11 is 0. The Labute approximate surface area is 179 Å². The van der Waals surface area contributed by atoms with E-state index >= 15 is 0 Å². The van der Waals surface area contributed by atoms with Gasteiger partial charge in [0, 0.05) is 13.1 Å². The van der Waals surface area contributed by atoms with Crippen LogP contribution in [0.5, 0.6) is 11.5 Å². The summed E-state index contributed by atoms with van der Waals surface area (Å²) in [5.74, 6) is 1.32. The molecule has 1 N–H and O–H groups in total. The van der Waals surface area contributed by atoms with Gasteiger partial charge in [0.05, 0.1) is 36.9 Å². The number of hydrogen-bond donors (Lipinski definition) is 1. The van der Waals surface area contributed by atoms with E-state index in [-0.39, 0.29) is 12.5 Å². The fourth-order valence-corrected chi connectivity index (χ4v) is 3.42. The molecule has 4 rings (SSSR count). The Hall–Kier alpha value is -3.83. The maximum atomic E-state index is 13.4. The van der Waals surface area contributed by atoms with Gasteiger partial charge in [-0.1, -0.05) is 18.2 Å². The number of aromatic nitrogens is 2. The maximum absolute atomic E-state index is 13.4. The van der Waals surface area contributed by atoms with Crippen molar-refractivity contribution in [2.75, 3.05) is 40.0 Å². The summed E-state index contributed by atoms with van der Waals surface area (Å²) in [6.45, 7) is 2.00. The Kier molecular flexibility index (Phi) is 6.15. The molecule has 31 heavy (non-hydrogen) atoms.